The van der Waals surface area contributed by atoms with E-state index >= 15 is 0 Å². The monoisotopic (exact) mass is 334 g/mol. The summed E-state index contributed by atoms with van der Waals surface area (Å²) >= 11 is 5.94. The van der Waals surface area contributed by atoms with Gasteiger partial charge in [0.25, 0.3) is 5.91 Å². The number of halogens is 1. The highest BCUT2D eigenvalue weighted by Crippen LogP contribution is 2.41. The van der Waals surface area contributed by atoms with Crippen LogP contribution in [0.1, 0.15) is 22.1 Å². The Morgan fingerprint density at radius 1 is 0.875 bits per heavy atom. The second-order valence-corrected chi connectivity index (χ2v) is 6.09. The van der Waals surface area contributed by atoms with E-state index in [-0.39, 0.29) is 12.1 Å². The number of nitrogens with zero attached hydrogens (tertiary/aromatic N) is 1. The van der Waals surface area contributed by atoms with Crippen LogP contribution in [0.25, 0.3) is 0 Å². The molecule has 1 atom stereocenters. The van der Waals surface area contributed by atoms with E-state index in [1.807, 2.05) is 54.6 Å². The molecule has 1 unspecified atom stereocenters. The van der Waals surface area contributed by atoms with Crippen molar-refractivity contribution < 1.29 is 4.79 Å². The zero-order valence-corrected chi connectivity index (χ0v) is 13.6. The van der Waals surface area contributed by atoms with Gasteiger partial charge < -0.3 is 5.32 Å². The first-order chi connectivity index (χ1) is 11.7. The molecule has 0 saturated carbocycles. The van der Waals surface area contributed by atoms with Crippen molar-refractivity contribution in [1.82, 2.24) is 0 Å². The molecule has 1 amide bonds. The van der Waals surface area contributed by atoms with Crippen LogP contribution in [0.5, 0.6) is 0 Å². The lowest BCUT2D eigenvalue weighted by molar-refractivity contribution is 0.0981. The van der Waals surface area contributed by atoms with E-state index in [2.05, 4.69) is 5.32 Å². The van der Waals surface area contributed by atoms with E-state index in [0.29, 0.717) is 10.6 Å². The minimum absolute atomic E-state index is 0.0574. The number of fused-ring (bicyclic) bond motifs is 1. The van der Waals surface area contributed by atoms with Gasteiger partial charge in [0, 0.05) is 10.6 Å². The highest BCUT2D eigenvalue weighted by atomic mass is 35.5. The lowest BCUT2D eigenvalue weighted by atomic mass is 10.1. The highest BCUT2D eigenvalue weighted by molar-refractivity contribution is 6.30. The number of amides is 1. The molecular weight excluding hydrogens is 320 g/mol. The summed E-state index contributed by atoms with van der Waals surface area (Å²) in [5, 5.41) is 4.06. The molecule has 3 aromatic rings. The molecule has 0 radical (unpaired) electrons. The standard InChI is InChI=1S/C20H15ClN2O/c21-16-12-10-15(11-13-16)20(24)23-18-9-5-4-8-17(18)22-19(23)14-6-2-1-3-7-14/h1-13,19,22H. The molecule has 0 saturated heterocycles. The van der Waals surface area contributed by atoms with Gasteiger partial charge in [-0.25, -0.2) is 0 Å². The number of hydrogen-bond donors (Lipinski definition) is 1. The van der Waals surface area contributed by atoms with E-state index in [9.17, 15) is 4.79 Å². The number of benzene rings is 3. The SMILES string of the molecule is O=C(c1ccc(Cl)cc1)N1c2ccccc2NC1c1ccccc1. The zero-order chi connectivity index (χ0) is 16.5. The average Bonchev–Trinajstić information content (AvgIpc) is 3.02. The summed E-state index contributed by atoms with van der Waals surface area (Å²) in [5.74, 6) is -0.0574. The Balaban J connectivity index is 1.79. The molecule has 4 rings (SSSR count). The minimum Gasteiger partial charge on any atom is -0.359 e. The van der Waals surface area contributed by atoms with E-state index in [0.717, 1.165) is 16.9 Å². The summed E-state index contributed by atoms with van der Waals surface area (Å²) in [6, 6.07) is 24.8. The predicted octanol–water partition coefficient (Wildman–Crippen LogP) is 5.11. The van der Waals surface area contributed by atoms with Crippen molar-refractivity contribution >= 4 is 28.9 Å². The molecule has 1 N–H and O–H groups in total. The smallest absolute Gasteiger partial charge is 0.260 e. The van der Waals surface area contributed by atoms with Crippen molar-refractivity contribution in [2.24, 2.45) is 0 Å². The number of para-hydroxylation sites is 2. The van der Waals surface area contributed by atoms with Crippen LogP contribution in [0.4, 0.5) is 11.4 Å². The van der Waals surface area contributed by atoms with E-state index in [4.69, 9.17) is 11.6 Å². The Labute approximate surface area is 145 Å². The fraction of sp³-hybridized carbons (Fsp3) is 0.0500. The normalized spacial score (nSPS) is 15.7. The molecule has 24 heavy (non-hydrogen) atoms. The molecule has 3 aromatic carbocycles. The van der Waals surface area contributed by atoms with Crippen LogP contribution in [-0.2, 0) is 0 Å². The first-order valence-corrected chi connectivity index (χ1v) is 8.11. The van der Waals surface area contributed by atoms with Crippen molar-refractivity contribution in [3.8, 4) is 0 Å². The number of rotatable bonds is 2. The van der Waals surface area contributed by atoms with Gasteiger partial charge in [-0.3, -0.25) is 9.69 Å². The molecule has 0 spiro atoms. The Bertz CT molecular complexity index is 878. The van der Waals surface area contributed by atoms with Crippen molar-refractivity contribution in [2.45, 2.75) is 6.17 Å². The Morgan fingerprint density at radius 2 is 1.54 bits per heavy atom. The van der Waals surface area contributed by atoms with Crippen LogP contribution in [0.15, 0.2) is 78.9 Å². The Hall–Kier alpha value is -2.78. The summed E-state index contributed by atoms with van der Waals surface area (Å²) < 4.78 is 0. The maximum atomic E-state index is 13.1. The lowest BCUT2D eigenvalue weighted by Gasteiger charge is -2.25. The average molecular weight is 335 g/mol. The largest absolute Gasteiger partial charge is 0.359 e. The summed E-state index contributed by atoms with van der Waals surface area (Å²) in [4.78, 5) is 14.9. The van der Waals surface area contributed by atoms with Gasteiger partial charge in [0.15, 0.2) is 0 Å². The maximum absolute atomic E-state index is 13.1. The molecule has 1 aliphatic rings. The van der Waals surface area contributed by atoms with Gasteiger partial charge in [0.2, 0.25) is 0 Å². The van der Waals surface area contributed by atoms with E-state index in [1.54, 1.807) is 29.2 Å². The maximum Gasteiger partial charge on any atom is 0.260 e. The molecule has 0 fully saturated rings. The lowest BCUT2D eigenvalue weighted by Crippen LogP contribution is -2.34. The van der Waals surface area contributed by atoms with Gasteiger partial charge in [-0.05, 0) is 42.0 Å². The van der Waals surface area contributed by atoms with Gasteiger partial charge >= 0.3 is 0 Å². The number of nitrogens with one attached hydrogen (secondary N) is 1. The van der Waals surface area contributed by atoms with E-state index < -0.39 is 0 Å². The van der Waals surface area contributed by atoms with E-state index in [1.165, 1.54) is 0 Å². The van der Waals surface area contributed by atoms with Crippen LogP contribution in [-0.4, -0.2) is 5.91 Å². The molecule has 1 aliphatic heterocycles. The van der Waals surface area contributed by atoms with Crippen LogP contribution in [0.3, 0.4) is 0 Å². The van der Waals surface area contributed by atoms with Gasteiger partial charge in [0.1, 0.15) is 6.17 Å². The number of anilines is 2. The molecular formula is C20H15ClN2O. The minimum atomic E-state index is -0.230. The molecule has 118 valence electrons. The first kappa shape index (κ1) is 14.8. The summed E-state index contributed by atoms with van der Waals surface area (Å²) in [6.07, 6.45) is -0.230. The summed E-state index contributed by atoms with van der Waals surface area (Å²) in [5.41, 5.74) is 3.48. The zero-order valence-electron chi connectivity index (χ0n) is 12.8. The quantitative estimate of drug-likeness (QED) is 0.706. The molecule has 0 aromatic heterocycles. The molecule has 4 heteroatoms. The third kappa shape index (κ3) is 2.53. The van der Waals surface area contributed by atoms with Gasteiger partial charge in [0.05, 0.1) is 11.4 Å². The van der Waals surface area contributed by atoms with Gasteiger partial charge in [-0.1, -0.05) is 54.1 Å². The van der Waals surface area contributed by atoms with Crippen molar-refractivity contribution in [3.63, 3.8) is 0 Å². The molecule has 1 heterocycles. The van der Waals surface area contributed by atoms with Crippen LogP contribution in [0.2, 0.25) is 5.02 Å². The van der Waals surface area contributed by atoms with Crippen LogP contribution in [0, 0.1) is 0 Å². The highest BCUT2D eigenvalue weighted by Gasteiger charge is 2.34. The van der Waals surface area contributed by atoms with Crippen molar-refractivity contribution in [3.05, 3.63) is 95.0 Å². The fourth-order valence-electron chi connectivity index (χ4n) is 2.98. The van der Waals surface area contributed by atoms with Crippen molar-refractivity contribution in [2.75, 3.05) is 10.2 Å². The first-order valence-electron chi connectivity index (χ1n) is 7.74. The van der Waals surface area contributed by atoms with Gasteiger partial charge in [-0.2, -0.15) is 0 Å². The predicted molar refractivity (Wildman–Crippen MR) is 97.5 cm³/mol. The van der Waals surface area contributed by atoms with Crippen molar-refractivity contribution in [1.29, 1.82) is 0 Å². The third-order valence-electron chi connectivity index (χ3n) is 4.14. The summed E-state index contributed by atoms with van der Waals surface area (Å²) in [7, 11) is 0. The Morgan fingerprint density at radius 3 is 2.29 bits per heavy atom. The molecule has 3 nitrogen and oxygen atoms in total. The molecule has 0 bridgehead atoms. The number of carbonyl (C=O) groups excluding carboxylic acids is 1. The fourth-order valence-corrected chi connectivity index (χ4v) is 3.11. The van der Waals surface area contributed by atoms with Crippen LogP contribution >= 0.6 is 11.6 Å². The molecule has 0 aliphatic carbocycles. The van der Waals surface area contributed by atoms with Gasteiger partial charge in [-0.15, -0.1) is 0 Å². The third-order valence-corrected chi connectivity index (χ3v) is 4.39. The second-order valence-electron chi connectivity index (χ2n) is 5.66. The second kappa shape index (κ2) is 6.02. The number of hydrogen-bond acceptors (Lipinski definition) is 2. The topological polar surface area (TPSA) is 32.3 Å². The Kier molecular flexibility index (Phi) is 3.71. The number of carbonyl (C=O) groups is 1. The summed E-state index contributed by atoms with van der Waals surface area (Å²) in [6.45, 7) is 0. The van der Waals surface area contributed by atoms with Crippen LogP contribution < -0.4 is 10.2 Å².